The lowest BCUT2D eigenvalue weighted by Crippen LogP contribution is -2.41. The van der Waals surface area contributed by atoms with Crippen molar-refractivity contribution in [2.75, 3.05) is 39.4 Å². The molecule has 8 nitrogen and oxygen atoms in total. The Morgan fingerprint density at radius 3 is 2.80 bits per heavy atom. The van der Waals surface area contributed by atoms with Crippen LogP contribution in [0, 0.1) is 0 Å². The van der Waals surface area contributed by atoms with Crippen molar-refractivity contribution in [1.82, 2.24) is 24.8 Å². The Hall–Kier alpha value is -2.71. The third-order valence-corrected chi connectivity index (χ3v) is 4.21. The summed E-state index contributed by atoms with van der Waals surface area (Å²) in [5.41, 5.74) is 1.46. The minimum absolute atomic E-state index is 0.226. The van der Waals surface area contributed by atoms with Crippen LogP contribution in [0.4, 0.5) is 0 Å². The highest BCUT2D eigenvalue weighted by molar-refractivity contribution is 5.97. The minimum Gasteiger partial charge on any atom is -0.416 e. The van der Waals surface area contributed by atoms with Gasteiger partial charge in [0.05, 0.1) is 13.2 Å². The predicted octanol–water partition coefficient (Wildman–Crippen LogP) is 1.05. The van der Waals surface area contributed by atoms with Crippen LogP contribution >= 0.6 is 0 Å². The molecular weight excluding hydrogens is 322 g/mol. The molecule has 1 N–H and O–H groups in total. The quantitative estimate of drug-likeness (QED) is 0.747. The zero-order chi connectivity index (χ0) is 17.1. The van der Waals surface area contributed by atoms with Crippen LogP contribution in [0.5, 0.6) is 0 Å². The fraction of sp³-hybridized carbons (Fsp3) is 0.353. The number of nitrogens with zero attached hydrogens (tertiary/aromatic N) is 4. The van der Waals surface area contributed by atoms with E-state index in [4.69, 9.17) is 9.15 Å². The van der Waals surface area contributed by atoms with Gasteiger partial charge >= 0.3 is 5.84 Å². The normalized spacial score (nSPS) is 15.5. The van der Waals surface area contributed by atoms with E-state index in [1.807, 2.05) is 30.3 Å². The molecule has 4 rings (SSSR count). The second kappa shape index (κ2) is 7.04. The van der Waals surface area contributed by atoms with Gasteiger partial charge in [-0.15, -0.1) is 0 Å². The molecule has 0 atom stereocenters. The van der Waals surface area contributed by atoms with Gasteiger partial charge in [0.15, 0.2) is 0 Å². The molecule has 0 aliphatic carbocycles. The van der Waals surface area contributed by atoms with Crippen LogP contribution in [0.1, 0.15) is 10.6 Å². The van der Waals surface area contributed by atoms with Gasteiger partial charge in [-0.05, 0) is 0 Å². The number of hydrogen-bond acceptors (Lipinski definition) is 6. The Kier molecular flexibility index (Phi) is 4.45. The van der Waals surface area contributed by atoms with Gasteiger partial charge in [-0.2, -0.15) is 14.6 Å². The van der Waals surface area contributed by atoms with Crippen LogP contribution in [0.25, 0.3) is 17.1 Å². The summed E-state index contributed by atoms with van der Waals surface area (Å²) in [7, 11) is 0. The molecule has 1 aliphatic heterocycles. The SMILES string of the molecule is O=C(NCCN1CCOCC1)c1oc2ncnn2c1-c1ccccc1. The van der Waals surface area contributed by atoms with Crippen molar-refractivity contribution in [3.8, 4) is 11.3 Å². The van der Waals surface area contributed by atoms with E-state index in [1.54, 1.807) is 4.52 Å². The first-order valence-electron chi connectivity index (χ1n) is 8.29. The Morgan fingerprint density at radius 1 is 1.20 bits per heavy atom. The van der Waals surface area contributed by atoms with Crippen LogP contribution in [0.2, 0.25) is 0 Å². The topological polar surface area (TPSA) is 84.9 Å². The van der Waals surface area contributed by atoms with Gasteiger partial charge in [-0.1, -0.05) is 30.3 Å². The second-order valence-corrected chi connectivity index (χ2v) is 5.81. The van der Waals surface area contributed by atoms with Gasteiger partial charge in [-0.25, -0.2) is 0 Å². The molecule has 0 spiro atoms. The zero-order valence-corrected chi connectivity index (χ0v) is 13.7. The van der Waals surface area contributed by atoms with Crippen molar-refractivity contribution < 1.29 is 13.9 Å². The molecule has 0 unspecified atom stereocenters. The average molecular weight is 341 g/mol. The Balaban J connectivity index is 1.52. The van der Waals surface area contributed by atoms with Crippen molar-refractivity contribution in [1.29, 1.82) is 0 Å². The molecule has 0 radical (unpaired) electrons. The van der Waals surface area contributed by atoms with Crippen molar-refractivity contribution in [2.45, 2.75) is 0 Å². The Labute approximate surface area is 144 Å². The maximum atomic E-state index is 12.6. The van der Waals surface area contributed by atoms with E-state index in [2.05, 4.69) is 20.3 Å². The molecule has 0 saturated carbocycles. The summed E-state index contributed by atoms with van der Waals surface area (Å²) >= 11 is 0. The molecule has 3 heterocycles. The summed E-state index contributed by atoms with van der Waals surface area (Å²) in [5.74, 6) is 0.264. The summed E-state index contributed by atoms with van der Waals surface area (Å²) in [4.78, 5) is 18.9. The smallest absolute Gasteiger partial charge is 0.325 e. The van der Waals surface area contributed by atoms with Gasteiger partial charge in [0.25, 0.3) is 5.91 Å². The highest BCUT2D eigenvalue weighted by atomic mass is 16.5. The van der Waals surface area contributed by atoms with Gasteiger partial charge in [-0.3, -0.25) is 9.69 Å². The lowest BCUT2D eigenvalue weighted by atomic mass is 10.1. The summed E-state index contributed by atoms with van der Waals surface area (Å²) in [6, 6.07) is 9.56. The predicted molar refractivity (Wildman–Crippen MR) is 90.3 cm³/mol. The molecule has 3 aromatic rings. The van der Waals surface area contributed by atoms with Crippen LogP contribution in [0.15, 0.2) is 41.1 Å². The number of rotatable bonds is 5. The summed E-state index contributed by atoms with van der Waals surface area (Å²) < 4.78 is 12.5. The number of aromatic nitrogens is 3. The van der Waals surface area contributed by atoms with Crippen molar-refractivity contribution >= 4 is 11.8 Å². The zero-order valence-electron chi connectivity index (χ0n) is 13.7. The first-order valence-corrected chi connectivity index (χ1v) is 8.29. The van der Waals surface area contributed by atoms with E-state index in [0.717, 1.165) is 38.4 Å². The number of amides is 1. The van der Waals surface area contributed by atoms with E-state index >= 15 is 0 Å². The largest absolute Gasteiger partial charge is 0.416 e. The van der Waals surface area contributed by atoms with Crippen LogP contribution < -0.4 is 5.32 Å². The number of carbonyl (C=O) groups excluding carboxylic acids is 1. The number of benzene rings is 1. The lowest BCUT2D eigenvalue weighted by Gasteiger charge is -2.26. The van der Waals surface area contributed by atoms with Gasteiger partial charge in [0.1, 0.15) is 12.0 Å². The number of oxazole rings is 1. The first kappa shape index (κ1) is 15.8. The number of carbonyl (C=O) groups is 1. The minimum atomic E-state index is -0.264. The van der Waals surface area contributed by atoms with Gasteiger partial charge < -0.3 is 14.5 Å². The number of fused-ring (bicyclic) bond motifs is 1. The van der Waals surface area contributed by atoms with Crippen LogP contribution in [-0.4, -0.2) is 64.8 Å². The molecule has 1 fully saturated rings. The monoisotopic (exact) mass is 341 g/mol. The highest BCUT2D eigenvalue weighted by Crippen LogP contribution is 2.26. The summed E-state index contributed by atoms with van der Waals surface area (Å²) in [6.07, 6.45) is 1.41. The van der Waals surface area contributed by atoms with Crippen molar-refractivity contribution in [3.63, 3.8) is 0 Å². The summed E-state index contributed by atoms with van der Waals surface area (Å²) in [5, 5.41) is 7.08. The number of morpholine rings is 1. The van der Waals surface area contributed by atoms with Crippen molar-refractivity contribution in [3.05, 3.63) is 42.4 Å². The molecular formula is C17H19N5O3. The molecule has 1 amide bonds. The third-order valence-electron chi connectivity index (χ3n) is 4.21. The molecule has 8 heteroatoms. The third kappa shape index (κ3) is 3.26. The molecule has 1 aromatic carbocycles. The van der Waals surface area contributed by atoms with E-state index < -0.39 is 0 Å². The van der Waals surface area contributed by atoms with Gasteiger partial charge in [0.2, 0.25) is 5.76 Å². The number of hydrogen-bond donors (Lipinski definition) is 1. The molecule has 130 valence electrons. The van der Waals surface area contributed by atoms with E-state index in [1.165, 1.54) is 6.33 Å². The van der Waals surface area contributed by atoms with Crippen LogP contribution in [-0.2, 0) is 4.74 Å². The maximum absolute atomic E-state index is 12.6. The maximum Gasteiger partial charge on any atom is 0.325 e. The number of ether oxygens (including phenoxy) is 1. The fourth-order valence-electron chi connectivity index (χ4n) is 2.93. The van der Waals surface area contributed by atoms with Gasteiger partial charge in [0, 0.05) is 31.7 Å². The molecule has 1 aliphatic rings. The van der Waals surface area contributed by atoms with Crippen molar-refractivity contribution in [2.24, 2.45) is 0 Å². The Morgan fingerprint density at radius 2 is 2.00 bits per heavy atom. The fourth-order valence-corrected chi connectivity index (χ4v) is 2.93. The van der Waals surface area contributed by atoms with E-state index in [9.17, 15) is 4.79 Å². The standard InChI is InChI=1S/C17H19N5O3/c23-16(18-6-7-21-8-10-24-11-9-21)15-14(13-4-2-1-3-5-13)22-17(25-15)19-12-20-22/h1-5,12H,6-11H2,(H,18,23). The van der Waals surface area contributed by atoms with E-state index in [0.29, 0.717) is 18.1 Å². The van der Waals surface area contributed by atoms with Crippen LogP contribution in [0.3, 0.4) is 0 Å². The second-order valence-electron chi connectivity index (χ2n) is 5.81. The highest BCUT2D eigenvalue weighted by Gasteiger charge is 2.23. The molecule has 25 heavy (non-hydrogen) atoms. The molecule has 1 saturated heterocycles. The molecule has 0 bridgehead atoms. The first-order chi connectivity index (χ1) is 12.3. The van der Waals surface area contributed by atoms with E-state index in [-0.39, 0.29) is 11.7 Å². The lowest BCUT2D eigenvalue weighted by molar-refractivity contribution is 0.0382. The molecule has 2 aromatic heterocycles. The number of nitrogens with one attached hydrogen (secondary N) is 1. The Bertz CT molecular complexity index is 852. The summed E-state index contributed by atoms with van der Waals surface area (Å²) in [6.45, 7) is 4.60. The average Bonchev–Trinajstić information content (AvgIpc) is 3.24.